The van der Waals surface area contributed by atoms with Crippen LogP contribution in [-0.2, 0) is 9.47 Å². The summed E-state index contributed by atoms with van der Waals surface area (Å²) in [6.07, 6.45) is 2.62. The second-order valence-corrected chi connectivity index (χ2v) is 5.14. The molecule has 0 aliphatic carbocycles. The second-order valence-electron chi connectivity index (χ2n) is 4.71. The number of nitrogens with one attached hydrogen (secondary N) is 1. The molecule has 1 aliphatic rings. The number of halogens is 1. The van der Waals surface area contributed by atoms with Gasteiger partial charge >= 0.3 is 5.97 Å². The van der Waals surface area contributed by atoms with Gasteiger partial charge in [-0.2, -0.15) is 0 Å². The lowest BCUT2D eigenvalue weighted by Crippen LogP contribution is -2.21. The Bertz CT molecular complexity index is 464. The molecule has 1 N–H and O–H groups in total. The molecule has 1 fully saturated rings. The van der Waals surface area contributed by atoms with Gasteiger partial charge in [-0.05, 0) is 38.0 Å². The minimum Gasteiger partial charge on any atom is -0.465 e. The smallest absolute Gasteiger partial charge is 0.340 e. The van der Waals surface area contributed by atoms with Crippen molar-refractivity contribution >= 4 is 23.3 Å². The van der Waals surface area contributed by atoms with E-state index in [-0.39, 0.29) is 6.10 Å². The van der Waals surface area contributed by atoms with E-state index in [1.54, 1.807) is 18.2 Å². The minimum absolute atomic E-state index is 0.191. The van der Waals surface area contributed by atoms with Crippen molar-refractivity contribution in [3.8, 4) is 0 Å². The van der Waals surface area contributed by atoms with Gasteiger partial charge in [-0.25, -0.2) is 4.79 Å². The van der Waals surface area contributed by atoms with Gasteiger partial charge in [0.2, 0.25) is 0 Å². The van der Waals surface area contributed by atoms with E-state index in [4.69, 9.17) is 21.1 Å². The largest absolute Gasteiger partial charge is 0.465 e. The fourth-order valence-electron chi connectivity index (χ4n) is 2.21. The summed E-state index contributed by atoms with van der Waals surface area (Å²) < 4.78 is 10.5. The Labute approximate surface area is 118 Å². The summed E-state index contributed by atoms with van der Waals surface area (Å²) in [4.78, 5) is 11.7. The molecule has 19 heavy (non-hydrogen) atoms. The normalized spacial score (nSPS) is 22.3. The number of anilines is 1. The van der Waals surface area contributed by atoms with Crippen molar-refractivity contribution in [1.29, 1.82) is 0 Å². The van der Waals surface area contributed by atoms with E-state index in [0.717, 1.165) is 18.5 Å². The first-order chi connectivity index (χ1) is 9.10. The van der Waals surface area contributed by atoms with Crippen LogP contribution in [0.5, 0.6) is 0 Å². The number of hydrogen-bond donors (Lipinski definition) is 1. The standard InChI is InChI=1S/C14H18ClNO3/c1-9-3-5-11(19-9)8-16-13-6-4-10(15)7-12(13)14(17)18-2/h4,6-7,9,11,16H,3,5,8H2,1-2H3. The number of benzene rings is 1. The number of rotatable bonds is 4. The van der Waals surface area contributed by atoms with Crippen molar-refractivity contribution in [1.82, 2.24) is 0 Å². The van der Waals surface area contributed by atoms with Gasteiger partial charge in [0, 0.05) is 17.3 Å². The Morgan fingerprint density at radius 3 is 2.95 bits per heavy atom. The molecule has 1 aromatic rings. The van der Waals surface area contributed by atoms with Gasteiger partial charge < -0.3 is 14.8 Å². The predicted octanol–water partition coefficient (Wildman–Crippen LogP) is 3.11. The molecule has 1 aromatic carbocycles. The van der Waals surface area contributed by atoms with Crippen LogP contribution in [0.2, 0.25) is 5.02 Å². The number of carbonyl (C=O) groups is 1. The monoisotopic (exact) mass is 283 g/mol. The average Bonchev–Trinajstić information content (AvgIpc) is 2.82. The van der Waals surface area contributed by atoms with Gasteiger partial charge in [0.15, 0.2) is 0 Å². The number of esters is 1. The van der Waals surface area contributed by atoms with Gasteiger partial charge in [0.25, 0.3) is 0 Å². The molecule has 1 heterocycles. The van der Waals surface area contributed by atoms with E-state index in [1.807, 2.05) is 0 Å². The summed E-state index contributed by atoms with van der Waals surface area (Å²) in [6.45, 7) is 2.75. The molecular weight excluding hydrogens is 266 g/mol. The molecule has 4 nitrogen and oxygen atoms in total. The van der Waals surface area contributed by atoms with Crippen molar-refractivity contribution in [2.24, 2.45) is 0 Å². The van der Waals surface area contributed by atoms with Gasteiger partial charge in [0.1, 0.15) is 0 Å². The van der Waals surface area contributed by atoms with Crippen LogP contribution in [0.4, 0.5) is 5.69 Å². The Morgan fingerprint density at radius 1 is 1.53 bits per heavy atom. The fourth-order valence-corrected chi connectivity index (χ4v) is 2.38. The highest BCUT2D eigenvalue weighted by Gasteiger charge is 2.22. The molecule has 1 aliphatic heterocycles. The van der Waals surface area contributed by atoms with Crippen LogP contribution >= 0.6 is 11.6 Å². The molecule has 0 spiro atoms. The maximum absolute atomic E-state index is 11.7. The summed E-state index contributed by atoms with van der Waals surface area (Å²) in [5.41, 5.74) is 1.17. The third kappa shape index (κ3) is 3.61. The van der Waals surface area contributed by atoms with Gasteiger partial charge in [-0.1, -0.05) is 11.6 Å². The minimum atomic E-state index is -0.397. The van der Waals surface area contributed by atoms with Crippen LogP contribution < -0.4 is 5.32 Å². The maximum atomic E-state index is 11.7. The molecule has 0 radical (unpaired) electrons. The summed E-state index contributed by atoms with van der Waals surface area (Å²) in [5, 5.41) is 3.74. The molecule has 0 saturated carbocycles. The first-order valence-corrected chi connectivity index (χ1v) is 6.75. The van der Waals surface area contributed by atoms with Crippen LogP contribution in [0.3, 0.4) is 0 Å². The van der Waals surface area contributed by atoms with Crippen LogP contribution in [0, 0.1) is 0 Å². The molecule has 5 heteroatoms. The van der Waals surface area contributed by atoms with Crippen LogP contribution in [-0.4, -0.2) is 31.8 Å². The molecule has 0 aromatic heterocycles. The lowest BCUT2D eigenvalue weighted by Gasteiger charge is -2.15. The van der Waals surface area contributed by atoms with E-state index >= 15 is 0 Å². The zero-order chi connectivity index (χ0) is 13.8. The van der Waals surface area contributed by atoms with E-state index in [1.165, 1.54) is 7.11 Å². The SMILES string of the molecule is COC(=O)c1cc(Cl)ccc1NCC1CCC(C)O1. The average molecular weight is 284 g/mol. The Balaban J connectivity index is 2.05. The third-order valence-electron chi connectivity index (χ3n) is 3.23. The quantitative estimate of drug-likeness (QED) is 0.863. The van der Waals surface area contributed by atoms with Crippen molar-refractivity contribution in [3.05, 3.63) is 28.8 Å². The number of carbonyl (C=O) groups excluding carboxylic acids is 1. The van der Waals surface area contributed by atoms with E-state index in [0.29, 0.717) is 23.2 Å². The van der Waals surface area contributed by atoms with E-state index in [9.17, 15) is 4.79 Å². The number of hydrogen-bond acceptors (Lipinski definition) is 4. The fraction of sp³-hybridized carbons (Fsp3) is 0.500. The summed E-state index contributed by atoms with van der Waals surface area (Å²) >= 11 is 5.90. The maximum Gasteiger partial charge on any atom is 0.340 e. The first kappa shape index (κ1) is 14.2. The molecule has 0 amide bonds. The van der Waals surface area contributed by atoms with Gasteiger partial charge in [-0.15, -0.1) is 0 Å². The van der Waals surface area contributed by atoms with Crippen LogP contribution in [0.1, 0.15) is 30.1 Å². The zero-order valence-corrected chi connectivity index (χ0v) is 11.9. The Hall–Kier alpha value is -1.26. The summed E-state index contributed by atoms with van der Waals surface area (Å²) in [7, 11) is 1.36. The van der Waals surface area contributed by atoms with E-state index in [2.05, 4.69) is 12.2 Å². The summed E-state index contributed by atoms with van der Waals surface area (Å²) in [5.74, 6) is -0.397. The molecule has 0 bridgehead atoms. The first-order valence-electron chi connectivity index (χ1n) is 6.37. The van der Waals surface area contributed by atoms with Gasteiger partial charge in [0.05, 0.1) is 24.9 Å². The lowest BCUT2D eigenvalue weighted by molar-refractivity contribution is 0.0597. The Kier molecular flexibility index (Phi) is 4.66. The third-order valence-corrected chi connectivity index (χ3v) is 3.46. The lowest BCUT2D eigenvalue weighted by atomic mass is 10.1. The van der Waals surface area contributed by atoms with Gasteiger partial charge in [-0.3, -0.25) is 0 Å². The molecule has 1 saturated heterocycles. The second kappa shape index (κ2) is 6.26. The molecule has 104 valence electrons. The number of ether oxygens (including phenoxy) is 2. The Morgan fingerprint density at radius 2 is 2.32 bits per heavy atom. The van der Waals surface area contributed by atoms with Crippen LogP contribution in [0.15, 0.2) is 18.2 Å². The van der Waals surface area contributed by atoms with E-state index < -0.39 is 5.97 Å². The zero-order valence-electron chi connectivity index (χ0n) is 11.1. The molecular formula is C14H18ClNO3. The van der Waals surface area contributed by atoms with Crippen molar-refractivity contribution in [2.75, 3.05) is 19.0 Å². The summed E-state index contributed by atoms with van der Waals surface area (Å²) in [6, 6.07) is 5.13. The molecule has 2 rings (SSSR count). The molecule has 2 atom stereocenters. The van der Waals surface area contributed by atoms with Crippen molar-refractivity contribution in [3.63, 3.8) is 0 Å². The highest BCUT2D eigenvalue weighted by Crippen LogP contribution is 2.23. The number of methoxy groups -OCH3 is 1. The van der Waals surface area contributed by atoms with Crippen LogP contribution in [0.25, 0.3) is 0 Å². The highest BCUT2D eigenvalue weighted by molar-refractivity contribution is 6.31. The van der Waals surface area contributed by atoms with Crippen molar-refractivity contribution in [2.45, 2.75) is 32.0 Å². The molecule has 2 unspecified atom stereocenters. The predicted molar refractivity (Wildman–Crippen MR) is 74.9 cm³/mol. The topological polar surface area (TPSA) is 47.6 Å². The van der Waals surface area contributed by atoms with Crippen molar-refractivity contribution < 1.29 is 14.3 Å². The highest BCUT2D eigenvalue weighted by atomic mass is 35.5.